The number of carbonyl (C=O) groups excluding carboxylic acids is 4. The van der Waals surface area contributed by atoms with Crippen LogP contribution in [-0.2, 0) is 19.1 Å². The molecule has 63 heavy (non-hydrogen) atoms. The molecule has 3 amide bonds. The molecule has 0 radical (unpaired) electrons. The quantitative estimate of drug-likeness (QED) is 0.0671. The highest BCUT2D eigenvalue weighted by Crippen LogP contribution is 2.32. The number of ketones is 1. The van der Waals surface area contributed by atoms with Gasteiger partial charge in [0.05, 0.1) is 68.1 Å². The first-order valence-corrected chi connectivity index (χ1v) is 21.9. The van der Waals surface area contributed by atoms with Crippen molar-refractivity contribution in [2.75, 3.05) is 86.5 Å². The third-order valence-corrected chi connectivity index (χ3v) is 11.7. The summed E-state index contributed by atoms with van der Waals surface area (Å²) in [6.07, 6.45) is 7.35. The minimum absolute atomic E-state index is 0.00703. The van der Waals surface area contributed by atoms with E-state index in [4.69, 9.17) is 14.5 Å². The van der Waals surface area contributed by atoms with Crippen molar-refractivity contribution in [3.05, 3.63) is 80.8 Å². The van der Waals surface area contributed by atoms with Crippen LogP contribution in [0.5, 0.6) is 0 Å². The van der Waals surface area contributed by atoms with Gasteiger partial charge in [0.15, 0.2) is 5.78 Å². The van der Waals surface area contributed by atoms with Crippen molar-refractivity contribution in [1.29, 1.82) is 0 Å². The normalized spacial score (nSPS) is 14.5. The number of pyridine rings is 2. The Labute approximate surface area is 368 Å². The number of carbonyl (C=O) groups is 4. The van der Waals surface area contributed by atoms with Gasteiger partial charge in [-0.2, -0.15) is 4.98 Å². The van der Waals surface area contributed by atoms with Crippen LogP contribution < -0.4 is 31.7 Å². The smallest absolute Gasteiger partial charge is 0.263 e. The highest BCUT2D eigenvalue weighted by atomic mass is 32.1. The van der Waals surface area contributed by atoms with Gasteiger partial charge in [0.25, 0.3) is 11.5 Å². The van der Waals surface area contributed by atoms with Crippen molar-refractivity contribution in [2.24, 2.45) is 0 Å². The molecular weight excluding hydrogens is 829 g/mol. The van der Waals surface area contributed by atoms with E-state index in [1.807, 2.05) is 12.1 Å². The van der Waals surface area contributed by atoms with Crippen LogP contribution in [0.25, 0.3) is 11.0 Å². The molecule has 2 aliphatic rings. The van der Waals surface area contributed by atoms with Crippen molar-refractivity contribution < 1.29 is 28.7 Å². The van der Waals surface area contributed by atoms with E-state index >= 15 is 0 Å². The Balaban J connectivity index is 0.765. The van der Waals surface area contributed by atoms with Crippen molar-refractivity contribution in [1.82, 2.24) is 39.9 Å². The minimum atomic E-state index is -0.398. The summed E-state index contributed by atoms with van der Waals surface area (Å²) in [5.41, 5.74) is 2.68. The predicted molar refractivity (Wildman–Crippen MR) is 239 cm³/mol. The van der Waals surface area contributed by atoms with Gasteiger partial charge in [-0.15, -0.1) is 10.2 Å². The van der Waals surface area contributed by atoms with E-state index < -0.39 is 5.91 Å². The van der Waals surface area contributed by atoms with Crippen LogP contribution >= 0.6 is 11.3 Å². The zero-order valence-corrected chi connectivity index (χ0v) is 36.5. The van der Waals surface area contributed by atoms with Crippen molar-refractivity contribution in [2.45, 2.75) is 58.9 Å². The fourth-order valence-electron chi connectivity index (χ4n) is 7.76. The first-order valence-electron chi connectivity index (χ1n) is 21.1. The van der Waals surface area contributed by atoms with Crippen molar-refractivity contribution in [3.63, 3.8) is 0 Å². The monoisotopic (exact) mass is 880 g/mol. The molecule has 5 aromatic rings. The lowest BCUT2D eigenvalue weighted by Crippen LogP contribution is -2.49. The van der Waals surface area contributed by atoms with Gasteiger partial charge < -0.3 is 30.3 Å². The third kappa shape index (κ3) is 11.6. The molecule has 1 aromatic carbocycles. The lowest BCUT2D eigenvalue weighted by molar-refractivity contribution is -0.122. The molecule has 1 aliphatic heterocycles. The molecule has 0 unspecified atom stereocenters. The van der Waals surface area contributed by atoms with Gasteiger partial charge in [-0.25, -0.2) is 9.97 Å². The second-order valence-corrected chi connectivity index (χ2v) is 16.6. The first-order chi connectivity index (χ1) is 30.5. The third-order valence-electron chi connectivity index (χ3n) is 10.9. The zero-order valence-electron chi connectivity index (χ0n) is 35.6. The fraction of sp³-hybridized carbons (Fsp3) is 0.442. The molecule has 7 rings (SSSR count). The number of amides is 3. The number of piperazine rings is 1. The number of Topliss-reactive ketones (excluding diaryl/α,β-unsaturated/α-hetero) is 1. The zero-order chi connectivity index (χ0) is 44.3. The summed E-state index contributed by atoms with van der Waals surface area (Å²) in [7, 11) is 0. The predicted octanol–water partition coefficient (Wildman–Crippen LogP) is 4.27. The van der Waals surface area contributed by atoms with Gasteiger partial charge in [0.1, 0.15) is 16.5 Å². The minimum Gasteiger partial charge on any atom is -0.379 e. The van der Waals surface area contributed by atoms with Gasteiger partial charge >= 0.3 is 0 Å². The molecule has 2 fully saturated rings. The highest BCUT2D eigenvalue weighted by molar-refractivity contribution is 7.15. The second kappa shape index (κ2) is 21.2. The molecule has 4 aromatic heterocycles. The molecule has 0 spiro atoms. The van der Waals surface area contributed by atoms with E-state index in [1.165, 1.54) is 18.3 Å². The van der Waals surface area contributed by atoms with E-state index in [9.17, 15) is 24.0 Å². The summed E-state index contributed by atoms with van der Waals surface area (Å²) in [6.45, 7) is 9.63. The van der Waals surface area contributed by atoms with Crippen molar-refractivity contribution >= 4 is 74.1 Å². The number of hydrogen-bond donors (Lipinski definition) is 4. The Morgan fingerprint density at radius 3 is 2.33 bits per heavy atom. The summed E-state index contributed by atoms with van der Waals surface area (Å²) >= 11 is 1.26. The Morgan fingerprint density at radius 1 is 0.857 bits per heavy atom. The van der Waals surface area contributed by atoms with Gasteiger partial charge in [0.2, 0.25) is 22.9 Å². The standard InChI is InChI=1S/C43H52N12O7S/c1-27-33-25-46-42(49-39(33)55(30-8-4-5-9-30)41(60)38(27)28(2)56)48-35-13-12-31(24-45-35)54-18-16-53(17-19-54)26-37(58)44-15-21-62-23-22-61-20-14-36(57)47-34-11-7-6-10-32(34)40(59)50-43-52-51-29(3)63-43/h6-7,10-13,24-25,30H,4-5,8-9,14-23,26H2,1-3H3,(H,44,58)(H,47,57)(H,50,52,59)(H,45,46,48,49). The number of aryl methyl sites for hydroxylation is 2. The molecule has 1 saturated carbocycles. The van der Waals surface area contributed by atoms with E-state index in [0.29, 0.717) is 77.6 Å². The second-order valence-electron chi connectivity index (χ2n) is 15.4. The van der Waals surface area contributed by atoms with Gasteiger partial charge in [-0.3, -0.25) is 38.8 Å². The molecule has 20 heteroatoms. The number of nitrogens with zero attached hydrogens (tertiary/aromatic N) is 8. The maximum atomic E-state index is 13.5. The van der Waals surface area contributed by atoms with Crippen LogP contribution in [0.15, 0.2) is 53.6 Å². The Bertz CT molecular complexity index is 2480. The number of anilines is 5. The van der Waals surface area contributed by atoms with E-state index in [0.717, 1.165) is 49.5 Å². The number of fused-ring (bicyclic) bond motifs is 1. The number of nitrogens with one attached hydrogen (secondary N) is 4. The van der Waals surface area contributed by atoms with Gasteiger partial charge in [-0.1, -0.05) is 36.3 Å². The number of para-hydroxylation sites is 1. The highest BCUT2D eigenvalue weighted by Gasteiger charge is 2.26. The lowest BCUT2D eigenvalue weighted by atomic mass is 10.0. The van der Waals surface area contributed by atoms with Crippen LogP contribution in [-0.4, -0.2) is 124 Å². The van der Waals surface area contributed by atoms with Gasteiger partial charge in [0, 0.05) is 50.3 Å². The van der Waals surface area contributed by atoms with Crippen LogP contribution in [0, 0.1) is 13.8 Å². The van der Waals surface area contributed by atoms with Crippen LogP contribution in [0.1, 0.15) is 76.4 Å². The molecule has 1 aliphatic carbocycles. The number of aromatic nitrogens is 6. The summed E-state index contributed by atoms with van der Waals surface area (Å²) in [5.74, 6) is -0.154. The van der Waals surface area contributed by atoms with E-state index in [1.54, 1.807) is 55.1 Å². The van der Waals surface area contributed by atoms with Crippen molar-refractivity contribution in [3.8, 4) is 0 Å². The molecule has 4 N–H and O–H groups in total. The van der Waals surface area contributed by atoms with Gasteiger partial charge in [-0.05, 0) is 63.4 Å². The molecule has 19 nitrogen and oxygen atoms in total. The first kappa shape index (κ1) is 44.8. The Morgan fingerprint density at radius 2 is 1.62 bits per heavy atom. The summed E-state index contributed by atoms with van der Waals surface area (Å²) in [6, 6.07) is 10.6. The molecule has 5 heterocycles. The summed E-state index contributed by atoms with van der Waals surface area (Å²) < 4.78 is 12.8. The molecule has 0 bridgehead atoms. The Kier molecular flexibility index (Phi) is 15.1. The maximum absolute atomic E-state index is 13.5. The average molecular weight is 881 g/mol. The number of hydrogen-bond acceptors (Lipinski definition) is 16. The fourth-order valence-corrected chi connectivity index (χ4v) is 8.34. The molecule has 1 saturated heterocycles. The topological polar surface area (TPSA) is 228 Å². The number of benzene rings is 1. The maximum Gasteiger partial charge on any atom is 0.263 e. The SMILES string of the molecule is CC(=O)c1c(C)c2cnc(Nc3ccc(N4CCN(CC(=O)NCCOCCOCCC(=O)Nc5ccccc5C(=O)Nc5nnc(C)s5)CC4)cn3)nc2n(C2CCCC2)c1=O. The lowest BCUT2D eigenvalue weighted by Gasteiger charge is -2.35. The molecule has 332 valence electrons. The summed E-state index contributed by atoms with van der Waals surface area (Å²) in [4.78, 5) is 82.1. The van der Waals surface area contributed by atoms with Crippen LogP contribution in [0.2, 0.25) is 0 Å². The Hall–Kier alpha value is -6.22. The summed E-state index contributed by atoms with van der Waals surface area (Å²) in [5, 5.41) is 21.1. The van der Waals surface area contributed by atoms with E-state index in [2.05, 4.69) is 51.2 Å². The largest absolute Gasteiger partial charge is 0.379 e. The number of rotatable bonds is 19. The average Bonchev–Trinajstić information content (AvgIpc) is 3.95. The molecular formula is C43H52N12O7S. The van der Waals surface area contributed by atoms with E-state index in [-0.39, 0.29) is 60.9 Å². The number of ether oxygens (including phenoxy) is 2. The van der Waals surface area contributed by atoms with Crippen LogP contribution in [0.3, 0.4) is 0 Å². The van der Waals surface area contributed by atoms with Crippen LogP contribution in [0.4, 0.5) is 28.3 Å². The molecule has 0 atom stereocenters.